The molecule has 1 heterocycles. The standard InChI is InChI=1S/C15H10FN3O3/c16-13-4-2-1-3-10(13)8-18-9-17-14-7-11(19(21)22)5-6-12(14)15(18)20/h1-7,9H,8H2. The molecule has 0 aliphatic heterocycles. The molecule has 3 aromatic rings. The zero-order valence-corrected chi connectivity index (χ0v) is 11.3. The van der Waals surface area contributed by atoms with Crippen LogP contribution >= 0.6 is 0 Å². The Hall–Kier alpha value is -3.09. The second kappa shape index (κ2) is 5.36. The van der Waals surface area contributed by atoms with Crippen LogP contribution in [0.15, 0.2) is 53.6 Å². The van der Waals surface area contributed by atoms with E-state index in [9.17, 15) is 19.3 Å². The van der Waals surface area contributed by atoms with Gasteiger partial charge in [-0.3, -0.25) is 19.5 Å². The van der Waals surface area contributed by atoms with Crippen molar-refractivity contribution in [2.45, 2.75) is 6.54 Å². The highest BCUT2D eigenvalue weighted by molar-refractivity contribution is 5.79. The first-order chi connectivity index (χ1) is 10.6. The topological polar surface area (TPSA) is 78.0 Å². The van der Waals surface area contributed by atoms with Crippen molar-refractivity contribution < 1.29 is 9.31 Å². The summed E-state index contributed by atoms with van der Waals surface area (Å²) in [6.07, 6.45) is 1.26. The Kier molecular flexibility index (Phi) is 3.38. The second-order valence-corrected chi connectivity index (χ2v) is 4.73. The second-order valence-electron chi connectivity index (χ2n) is 4.73. The van der Waals surface area contributed by atoms with Crippen LogP contribution in [0.5, 0.6) is 0 Å². The van der Waals surface area contributed by atoms with E-state index in [0.717, 1.165) is 0 Å². The van der Waals surface area contributed by atoms with Crippen LogP contribution in [0.4, 0.5) is 10.1 Å². The van der Waals surface area contributed by atoms with E-state index in [4.69, 9.17) is 0 Å². The summed E-state index contributed by atoms with van der Waals surface area (Å²) in [7, 11) is 0. The van der Waals surface area contributed by atoms with E-state index < -0.39 is 10.7 Å². The number of hydrogen-bond donors (Lipinski definition) is 0. The number of fused-ring (bicyclic) bond motifs is 1. The predicted molar refractivity (Wildman–Crippen MR) is 78.2 cm³/mol. The SMILES string of the molecule is O=c1c2ccc([N+](=O)[O-])cc2ncn1Cc1ccccc1F. The Morgan fingerprint density at radius 1 is 1.23 bits per heavy atom. The molecule has 3 rings (SSSR count). The highest BCUT2D eigenvalue weighted by Gasteiger charge is 2.11. The summed E-state index contributed by atoms with van der Waals surface area (Å²) in [6.45, 7) is 0.0471. The number of hydrogen-bond acceptors (Lipinski definition) is 4. The number of non-ortho nitro benzene ring substituents is 1. The van der Waals surface area contributed by atoms with Gasteiger partial charge in [-0.25, -0.2) is 9.37 Å². The van der Waals surface area contributed by atoms with Gasteiger partial charge in [-0.05, 0) is 12.1 Å². The molecule has 1 aromatic heterocycles. The van der Waals surface area contributed by atoms with Gasteiger partial charge in [-0.1, -0.05) is 18.2 Å². The highest BCUT2D eigenvalue weighted by atomic mass is 19.1. The molecule has 0 radical (unpaired) electrons. The molecule has 2 aromatic carbocycles. The summed E-state index contributed by atoms with van der Waals surface area (Å²) >= 11 is 0. The summed E-state index contributed by atoms with van der Waals surface area (Å²) in [6, 6.07) is 10.0. The Labute approximate surface area is 123 Å². The summed E-state index contributed by atoms with van der Waals surface area (Å²) in [5, 5.41) is 11.0. The van der Waals surface area contributed by atoms with Gasteiger partial charge in [0.1, 0.15) is 5.82 Å². The van der Waals surface area contributed by atoms with Crippen LogP contribution in [0.25, 0.3) is 10.9 Å². The van der Waals surface area contributed by atoms with Crippen LogP contribution in [0.1, 0.15) is 5.56 Å². The third-order valence-corrected chi connectivity index (χ3v) is 3.32. The van der Waals surface area contributed by atoms with Gasteiger partial charge in [0, 0.05) is 17.7 Å². The van der Waals surface area contributed by atoms with E-state index in [1.165, 1.54) is 35.2 Å². The van der Waals surface area contributed by atoms with E-state index in [1.54, 1.807) is 18.2 Å². The molecule has 22 heavy (non-hydrogen) atoms. The molecule has 0 unspecified atom stereocenters. The van der Waals surface area contributed by atoms with Crippen molar-refractivity contribution in [3.8, 4) is 0 Å². The molecule has 0 aliphatic carbocycles. The lowest BCUT2D eigenvalue weighted by atomic mass is 10.2. The predicted octanol–water partition coefficient (Wildman–Crippen LogP) is 2.49. The van der Waals surface area contributed by atoms with Crippen molar-refractivity contribution in [2.75, 3.05) is 0 Å². The van der Waals surface area contributed by atoms with Crippen molar-refractivity contribution in [1.82, 2.24) is 9.55 Å². The average Bonchev–Trinajstić information content (AvgIpc) is 2.51. The zero-order chi connectivity index (χ0) is 15.7. The number of rotatable bonds is 3. The van der Waals surface area contributed by atoms with Gasteiger partial charge < -0.3 is 0 Å². The molecule has 0 fully saturated rings. The summed E-state index contributed by atoms with van der Waals surface area (Å²) in [4.78, 5) is 26.6. The molecule has 0 aliphatic rings. The molecular formula is C15H10FN3O3. The number of halogens is 1. The van der Waals surface area contributed by atoms with E-state index in [2.05, 4.69) is 4.98 Å². The molecule has 0 amide bonds. The average molecular weight is 299 g/mol. The molecule has 0 N–H and O–H groups in total. The van der Waals surface area contributed by atoms with Crippen LogP contribution < -0.4 is 5.56 Å². The van der Waals surface area contributed by atoms with E-state index in [-0.39, 0.29) is 28.7 Å². The molecule has 0 bridgehead atoms. The van der Waals surface area contributed by atoms with Crippen molar-refractivity contribution >= 4 is 16.6 Å². The first kappa shape index (κ1) is 13.9. The Balaban J connectivity index is 2.07. The van der Waals surface area contributed by atoms with Gasteiger partial charge in [-0.2, -0.15) is 0 Å². The van der Waals surface area contributed by atoms with Gasteiger partial charge in [0.05, 0.1) is 28.7 Å². The fourth-order valence-electron chi connectivity index (χ4n) is 2.18. The number of nitrogens with zero attached hydrogens (tertiary/aromatic N) is 3. The normalized spacial score (nSPS) is 10.8. The van der Waals surface area contributed by atoms with E-state index in [0.29, 0.717) is 5.56 Å². The van der Waals surface area contributed by atoms with Gasteiger partial charge in [0.2, 0.25) is 0 Å². The molecule has 6 nitrogen and oxygen atoms in total. The maximum Gasteiger partial charge on any atom is 0.271 e. The summed E-state index contributed by atoms with van der Waals surface area (Å²) < 4.78 is 14.9. The van der Waals surface area contributed by atoms with E-state index >= 15 is 0 Å². The Bertz CT molecular complexity index is 937. The Morgan fingerprint density at radius 2 is 2.00 bits per heavy atom. The fourth-order valence-corrected chi connectivity index (χ4v) is 2.18. The number of aromatic nitrogens is 2. The quantitative estimate of drug-likeness (QED) is 0.550. The lowest BCUT2D eigenvalue weighted by molar-refractivity contribution is -0.384. The van der Waals surface area contributed by atoms with E-state index in [1.807, 2.05) is 0 Å². The fraction of sp³-hybridized carbons (Fsp3) is 0.0667. The van der Waals surface area contributed by atoms with Crippen LogP contribution in [-0.2, 0) is 6.54 Å². The number of benzene rings is 2. The minimum absolute atomic E-state index is 0.0471. The van der Waals surface area contributed by atoms with Gasteiger partial charge in [-0.15, -0.1) is 0 Å². The van der Waals surface area contributed by atoms with Crippen molar-refractivity contribution in [1.29, 1.82) is 0 Å². The minimum Gasteiger partial charge on any atom is -0.294 e. The molecule has 7 heteroatoms. The Morgan fingerprint density at radius 3 is 2.73 bits per heavy atom. The third-order valence-electron chi connectivity index (χ3n) is 3.32. The monoisotopic (exact) mass is 299 g/mol. The molecule has 0 saturated heterocycles. The highest BCUT2D eigenvalue weighted by Crippen LogP contribution is 2.16. The van der Waals surface area contributed by atoms with Gasteiger partial charge in [0.15, 0.2) is 0 Å². The maximum atomic E-state index is 13.7. The first-order valence-electron chi connectivity index (χ1n) is 6.43. The molecule has 0 atom stereocenters. The van der Waals surface area contributed by atoms with Crippen LogP contribution in [-0.4, -0.2) is 14.5 Å². The summed E-state index contributed by atoms with van der Waals surface area (Å²) in [5.74, 6) is -0.404. The smallest absolute Gasteiger partial charge is 0.271 e. The number of nitro groups is 1. The van der Waals surface area contributed by atoms with Gasteiger partial charge in [0.25, 0.3) is 11.2 Å². The third kappa shape index (κ3) is 2.44. The van der Waals surface area contributed by atoms with Crippen molar-refractivity contribution in [3.05, 3.63) is 80.6 Å². The lowest BCUT2D eigenvalue weighted by Crippen LogP contribution is -2.21. The zero-order valence-electron chi connectivity index (χ0n) is 11.3. The molecule has 0 spiro atoms. The lowest BCUT2D eigenvalue weighted by Gasteiger charge is -2.07. The van der Waals surface area contributed by atoms with Gasteiger partial charge >= 0.3 is 0 Å². The maximum absolute atomic E-state index is 13.7. The molecule has 0 saturated carbocycles. The largest absolute Gasteiger partial charge is 0.294 e. The molecular weight excluding hydrogens is 289 g/mol. The summed E-state index contributed by atoms with van der Waals surface area (Å²) in [5.41, 5.74) is 0.103. The first-order valence-corrected chi connectivity index (χ1v) is 6.43. The number of nitro benzene ring substituents is 1. The van der Waals surface area contributed by atoms with Crippen molar-refractivity contribution in [2.24, 2.45) is 0 Å². The van der Waals surface area contributed by atoms with Crippen molar-refractivity contribution in [3.63, 3.8) is 0 Å². The van der Waals surface area contributed by atoms with Crippen LogP contribution in [0.2, 0.25) is 0 Å². The van der Waals surface area contributed by atoms with Crippen LogP contribution in [0, 0.1) is 15.9 Å². The van der Waals surface area contributed by atoms with Crippen LogP contribution in [0.3, 0.4) is 0 Å². The minimum atomic E-state index is -0.550. The molecule has 110 valence electrons.